The highest BCUT2D eigenvalue weighted by atomic mass is 19.1. The van der Waals surface area contributed by atoms with Crippen molar-refractivity contribution >= 4 is 0 Å². The van der Waals surface area contributed by atoms with Crippen molar-refractivity contribution in [3.63, 3.8) is 0 Å². The molecule has 144 valence electrons. The molecule has 0 nitrogen and oxygen atoms in total. The van der Waals surface area contributed by atoms with Crippen LogP contribution in [0.4, 0.5) is 4.39 Å². The second-order valence-corrected chi connectivity index (χ2v) is 10.9. The van der Waals surface area contributed by atoms with Crippen molar-refractivity contribution in [3.8, 4) is 0 Å². The summed E-state index contributed by atoms with van der Waals surface area (Å²) >= 11 is 0. The van der Waals surface area contributed by atoms with Gasteiger partial charge in [-0.3, -0.25) is 4.39 Å². The minimum absolute atomic E-state index is 0.109. The molecule has 0 bridgehead atoms. The minimum Gasteiger partial charge on any atom is -0.251 e. The molecule has 0 amide bonds. The zero-order valence-corrected chi connectivity index (χ0v) is 17.0. The zero-order valence-electron chi connectivity index (χ0n) is 17.0. The van der Waals surface area contributed by atoms with Crippen LogP contribution in [-0.4, -0.2) is 6.67 Å². The quantitative estimate of drug-likeness (QED) is 0.496. The van der Waals surface area contributed by atoms with Gasteiger partial charge in [0.2, 0.25) is 0 Å². The van der Waals surface area contributed by atoms with Gasteiger partial charge in [-0.15, -0.1) is 0 Å². The molecule has 0 aromatic carbocycles. The molecule has 0 aliphatic heterocycles. The van der Waals surface area contributed by atoms with Crippen molar-refractivity contribution in [1.29, 1.82) is 0 Å². The molecule has 0 aromatic rings. The van der Waals surface area contributed by atoms with E-state index in [1.54, 1.807) is 0 Å². The Balaban J connectivity index is 1.52. The summed E-state index contributed by atoms with van der Waals surface area (Å²) in [5.74, 6) is 5.80. The topological polar surface area (TPSA) is 0 Å². The van der Waals surface area contributed by atoms with Crippen LogP contribution in [0.25, 0.3) is 0 Å². The van der Waals surface area contributed by atoms with Crippen LogP contribution in [0.2, 0.25) is 0 Å². The van der Waals surface area contributed by atoms with Crippen molar-refractivity contribution in [3.05, 3.63) is 0 Å². The molecule has 0 saturated heterocycles. The summed E-state index contributed by atoms with van der Waals surface area (Å²) in [4.78, 5) is 0. The second-order valence-electron chi connectivity index (χ2n) is 10.9. The van der Waals surface area contributed by atoms with Crippen molar-refractivity contribution in [2.75, 3.05) is 6.67 Å². The maximum atomic E-state index is 12.8. The van der Waals surface area contributed by atoms with Crippen LogP contribution in [-0.2, 0) is 0 Å². The van der Waals surface area contributed by atoms with Crippen molar-refractivity contribution in [1.82, 2.24) is 0 Å². The van der Waals surface area contributed by atoms with Crippen LogP contribution < -0.4 is 0 Å². The largest absolute Gasteiger partial charge is 0.251 e. The molecular weight excluding hydrogens is 307 g/mol. The van der Waals surface area contributed by atoms with E-state index in [1.807, 2.05) is 0 Å². The Bertz CT molecular complexity index is 473. The third kappa shape index (κ3) is 2.82. The van der Waals surface area contributed by atoms with E-state index in [0.29, 0.717) is 10.8 Å². The SMILES string of the molecule is CCC1CCC2(C)C(CCC3C4CCC(CCCF)C4(C)CCC32)C1. The summed E-state index contributed by atoms with van der Waals surface area (Å²) in [5, 5.41) is 0. The lowest BCUT2D eigenvalue weighted by Gasteiger charge is -2.61. The number of halogens is 1. The molecule has 0 aromatic heterocycles. The average molecular weight is 349 g/mol. The number of hydrogen-bond acceptors (Lipinski definition) is 0. The predicted molar refractivity (Wildman–Crippen MR) is 104 cm³/mol. The summed E-state index contributed by atoms with van der Waals surface area (Å²) in [7, 11) is 0. The predicted octanol–water partition coefficient (Wildman–Crippen LogP) is 7.42. The fourth-order valence-corrected chi connectivity index (χ4v) is 8.62. The first-order chi connectivity index (χ1) is 12.0. The first-order valence-electron chi connectivity index (χ1n) is 11.6. The highest BCUT2D eigenvalue weighted by Crippen LogP contribution is 2.68. The lowest BCUT2D eigenvalue weighted by Crippen LogP contribution is -2.53. The van der Waals surface area contributed by atoms with E-state index >= 15 is 0 Å². The van der Waals surface area contributed by atoms with Gasteiger partial charge in [-0.2, -0.15) is 0 Å². The molecule has 8 unspecified atom stereocenters. The summed E-state index contributed by atoms with van der Waals surface area (Å²) in [5.41, 5.74) is 1.19. The first kappa shape index (κ1) is 18.3. The van der Waals surface area contributed by atoms with E-state index in [9.17, 15) is 4.39 Å². The van der Waals surface area contributed by atoms with E-state index in [2.05, 4.69) is 20.8 Å². The number of fused-ring (bicyclic) bond motifs is 5. The van der Waals surface area contributed by atoms with E-state index in [-0.39, 0.29) is 6.67 Å². The Kier molecular flexibility index (Phi) is 5.00. The fraction of sp³-hybridized carbons (Fsp3) is 1.00. The van der Waals surface area contributed by atoms with E-state index in [1.165, 1.54) is 64.2 Å². The monoisotopic (exact) mass is 348 g/mol. The van der Waals surface area contributed by atoms with Crippen molar-refractivity contribution in [2.45, 2.75) is 97.8 Å². The lowest BCUT2D eigenvalue weighted by atomic mass is 9.44. The average Bonchev–Trinajstić information content (AvgIpc) is 2.95. The molecule has 0 heterocycles. The molecule has 4 aliphatic rings. The highest BCUT2D eigenvalue weighted by molar-refractivity contribution is 5.09. The Morgan fingerprint density at radius 3 is 2.40 bits per heavy atom. The molecule has 4 aliphatic carbocycles. The van der Waals surface area contributed by atoms with E-state index in [0.717, 1.165) is 48.3 Å². The Hall–Kier alpha value is -0.0700. The van der Waals surface area contributed by atoms with Gasteiger partial charge in [0.05, 0.1) is 6.67 Å². The van der Waals surface area contributed by atoms with Gasteiger partial charge in [-0.05, 0) is 117 Å². The number of hydrogen-bond donors (Lipinski definition) is 0. The van der Waals surface area contributed by atoms with Crippen molar-refractivity contribution < 1.29 is 4.39 Å². The molecule has 0 radical (unpaired) electrons. The first-order valence-corrected chi connectivity index (χ1v) is 11.6. The van der Waals surface area contributed by atoms with E-state index < -0.39 is 0 Å². The number of rotatable bonds is 4. The maximum Gasteiger partial charge on any atom is 0.0894 e. The van der Waals surface area contributed by atoms with Gasteiger partial charge in [0.1, 0.15) is 0 Å². The molecule has 0 spiro atoms. The normalized spacial score (nSPS) is 52.3. The minimum atomic E-state index is -0.109. The molecular formula is C24H41F. The second kappa shape index (κ2) is 6.83. The van der Waals surface area contributed by atoms with E-state index in [4.69, 9.17) is 0 Å². The molecule has 0 N–H and O–H groups in total. The van der Waals surface area contributed by atoms with Gasteiger partial charge < -0.3 is 0 Å². The van der Waals surface area contributed by atoms with Gasteiger partial charge in [-0.1, -0.05) is 27.2 Å². The van der Waals surface area contributed by atoms with Gasteiger partial charge in [0.15, 0.2) is 0 Å². The summed E-state index contributed by atoms with van der Waals surface area (Å²) in [6.45, 7) is 7.59. The van der Waals surface area contributed by atoms with Gasteiger partial charge in [0, 0.05) is 0 Å². The molecule has 1 heteroatoms. The highest BCUT2D eigenvalue weighted by Gasteiger charge is 2.59. The summed E-state index contributed by atoms with van der Waals surface area (Å²) in [6, 6.07) is 0. The third-order valence-corrected chi connectivity index (χ3v) is 10.2. The third-order valence-electron chi connectivity index (χ3n) is 10.2. The fourth-order valence-electron chi connectivity index (χ4n) is 8.62. The molecule has 25 heavy (non-hydrogen) atoms. The van der Waals surface area contributed by atoms with Crippen LogP contribution >= 0.6 is 0 Å². The van der Waals surface area contributed by atoms with Gasteiger partial charge in [-0.25, -0.2) is 0 Å². The van der Waals surface area contributed by atoms with Crippen LogP contribution in [0, 0.1) is 46.3 Å². The zero-order chi connectivity index (χ0) is 17.7. The van der Waals surface area contributed by atoms with Crippen molar-refractivity contribution in [2.24, 2.45) is 46.3 Å². The summed E-state index contributed by atoms with van der Waals surface area (Å²) in [6.07, 6.45) is 16.7. The smallest absolute Gasteiger partial charge is 0.0894 e. The standard InChI is InChI=1S/C24H41F/c1-4-17-11-13-24(3)19(16-17)7-9-20-21-10-8-18(6-5-15-25)23(21,2)14-12-22(20)24/h17-22H,4-16H2,1-3H3. The lowest BCUT2D eigenvalue weighted by molar-refractivity contribution is -0.118. The van der Waals surface area contributed by atoms with Crippen LogP contribution in [0.5, 0.6) is 0 Å². The van der Waals surface area contributed by atoms with Crippen LogP contribution in [0.3, 0.4) is 0 Å². The molecule has 4 saturated carbocycles. The Labute approximate surface area is 155 Å². The Morgan fingerprint density at radius 1 is 0.880 bits per heavy atom. The molecule has 4 fully saturated rings. The van der Waals surface area contributed by atoms with Gasteiger partial charge >= 0.3 is 0 Å². The number of alkyl halides is 1. The summed E-state index contributed by atoms with van der Waals surface area (Å²) < 4.78 is 12.8. The van der Waals surface area contributed by atoms with Gasteiger partial charge in [0.25, 0.3) is 0 Å². The maximum absolute atomic E-state index is 12.8. The van der Waals surface area contributed by atoms with Crippen LogP contribution in [0.1, 0.15) is 97.8 Å². The Morgan fingerprint density at radius 2 is 1.64 bits per heavy atom. The molecule has 8 atom stereocenters. The molecule has 4 rings (SSSR count). The van der Waals surface area contributed by atoms with Crippen LogP contribution in [0.15, 0.2) is 0 Å².